The molecule has 1 rings (SSSR count). The van der Waals surface area contributed by atoms with Gasteiger partial charge in [0.05, 0.1) is 8.95 Å². The van der Waals surface area contributed by atoms with Crippen molar-refractivity contribution in [3.63, 3.8) is 0 Å². The lowest BCUT2D eigenvalue weighted by molar-refractivity contribution is -0.186. The van der Waals surface area contributed by atoms with Crippen LogP contribution in [0.4, 0.5) is 13.2 Å². The number of benzene rings is 1. The maximum Gasteiger partial charge on any atom is 0.411 e. The van der Waals surface area contributed by atoms with E-state index in [1.165, 1.54) is 0 Å². The highest BCUT2D eigenvalue weighted by Crippen LogP contribution is 2.35. The van der Waals surface area contributed by atoms with E-state index in [0.29, 0.717) is 20.0 Å². The Labute approximate surface area is 127 Å². The number of rotatable bonds is 5. The second-order valence-electron chi connectivity index (χ2n) is 3.25. The molecular formula is C10H8Br3F3O2. The number of hydrogen-bond donors (Lipinski definition) is 0. The monoisotopic (exact) mass is 454 g/mol. The smallest absolute Gasteiger partial charge is 0.411 e. The molecule has 1 aromatic carbocycles. The fourth-order valence-electron chi connectivity index (χ4n) is 1.09. The molecule has 0 radical (unpaired) electrons. The van der Waals surface area contributed by atoms with Crippen LogP contribution in [0, 0.1) is 0 Å². The summed E-state index contributed by atoms with van der Waals surface area (Å²) in [6, 6.07) is 3.61. The van der Waals surface area contributed by atoms with Gasteiger partial charge in [0.1, 0.15) is 6.61 Å². The zero-order valence-corrected chi connectivity index (χ0v) is 13.6. The first-order valence-corrected chi connectivity index (χ1v) is 7.35. The standard InChI is InChI=1S/C10H8Br3F3O2/c11-3-6-1-7(12)9(8(13)2-6)18-5-17-4-10(14,15)16/h1-2H,3-5H2. The first-order chi connectivity index (χ1) is 8.33. The van der Waals surface area contributed by atoms with Crippen LogP contribution in [0.3, 0.4) is 0 Å². The summed E-state index contributed by atoms with van der Waals surface area (Å²) in [7, 11) is 0. The Morgan fingerprint density at radius 3 is 2.11 bits per heavy atom. The van der Waals surface area contributed by atoms with E-state index in [0.717, 1.165) is 5.56 Å². The summed E-state index contributed by atoms with van der Waals surface area (Å²) in [4.78, 5) is 0. The average Bonchev–Trinajstić information content (AvgIpc) is 2.25. The summed E-state index contributed by atoms with van der Waals surface area (Å²) in [5.74, 6) is 0.405. The third kappa shape index (κ3) is 5.46. The van der Waals surface area contributed by atoms with Gasteiger partial charge in [-0.25, -0.2) is 0 Å². The molecule has 1 aromatic rings. The van der Waals surface area contributed by atoms with E-state index in [9.17, 15) is 13.2 Å². The molecule has 0 unspecified atom stereocenters. The summed E-state index contributed by atoms with van der Waals surface area (Å²) < 4.78 is 46.3. The molecule has 0 atom stereocenters. The zero-order chi connectivity index (χ0) is 13.8. The fraction of sp³-hybridized carbons (Fsp3) is 0.400. The van der Waals surface area contributed by atoms with Crippen molar-refractivity contribution in [2.24, 2.45) is 0 Å². The lowest BCUT2D eigenvalue weighted by Gasteiger charge is -2.12. The fourth-order valence-corrected chi connectivity index (χ4v) is 2.92. The van der Waals surface area contributed by atoms with Crippen molar-refractivity contribution in [1.82, 2.24) is 0 Å². The van der Waals surface area contributed by atoms with E-state index in [4.69, 9.17) is 4.74 Å². The molecule has 102 valence electrons. The second kappa shape index (κ2) is 7.12. The molecule has 0 fully saturated rings. The van der Waals surface area contributed by atoms with Gasteiger partial charge in [0.25, 0.3) is 0 Å². The predicted molar refractivity (Wildman–Crippen MR) is 72.0 cm³/mol. The van der Waals surface area contributed by atoms with Gasteiger partial charge >= 0.3 is 6.18 Å². The molecule has 0 amide bonds. The number of hydrogen-bond acceptors (Lipinski definition) is 2. The van der Waals surface area contributed by atoms with E-state index in [-0.39, 0.29) is 0 Å². The van der Waals surface area contributed by atoms with Crippen LogP contribution in [-0.4, -0.2) is 19.6 Å². The summed E-state index contributed by atoms with van der Waals surface area (Å²) in [5, 5.41) is 0.662. The highest BCUT2D eigenvalue weighted by Gasteiger charge is 2.27. The van der Waals surface area contributed by atoms with E-state index >= 15 is 0 Å². The van der Waals surface area contributed by atoms with Gasteiger partial charge in [-0.05, 0) is 49.6 Å². The first kappa shape index (κ1) is 16.3. The maximum absolute atomic E-state index is 11.8. The first-order valence-electron chi connectivity index (χ1n) is 4.64. The van der Waals surface area contributed by atoms with E-state index < -0.39 is 19.6 Å². The van der Waals surface area contributed by atoms with Gasteiger partial charge in [-0.1, -0.05) is 15.9 Å². The van der Waals surface area contributed by atoms with Gasteiger partial charge < -0.3 is 9.47 Å². The Kier molecular flexibility index (Phi) is 6.43. The molecule has 0 saturated carbocycles. The molecule has 0 N–H and O–H groups in total. The Morgan fingerprint density at radius 1 is 1.11 bits per heavy atom. The molecule has 2 nitrogen and oxygen atoms in total. The Bertz CT molecular complexity index is 387. The largest absolute Gasteiger partial charge is 0.465 e. The molecule has 8 heteroatoms. The maximum atomic E-state index is 11.8. The lowest BCUT2D eigenvalue weighted by atomic mass is 10.2. The van der Waals surface area contributed by atoms with Crippen LogP contribution in [0.2, 0.25) is 0 Å². The molecule has 0 aliphatic carbocycles. The van der Waals surface area contributed by atoms with Crippen LogP contribution in [0.15, 0.2) is 21.1 Å². The van der Waals surface area contributed by atoms with E-state index in [1.807, 2.05) is 0 Å². The SMILES string of the molecule is FC(F)(F)COCOc1c(Br)cc(CBr)cc1Br. The van der Waals surface area contributed by atoms with Crippen LogP contribution in [-0.2, 0) is 10.1 Å². The molecule has 18 heavy (non-hydrogen) atoms. The van der Waals surface area contributed by atoms with Crippen molar-refractivity contribution < 1.29 is 22.6 Å². The van der Waals surface area contributed by atoms with Crippen molar-refractivity contribution >= 4 is 47.8 Å². The van der Waals surface area contributed by atoms with Crippen molar-refractivity contribution in [3.8, 4) is 5.75 Å². The minimum atomic E-state index is -4.35. The van der Waals surface area contributed by atoms with E-state index in [1.54, 1.807) is 12.1 Å². The topological polar surface area (TPSA) is 18.5 Å². The molecule has 0 aliphatic rings. The minimum Gasteiger partial charge on any atom is -0.465 e. The summed E-state index contributed by atoms with van der Waals surface area (Å²) in [6.45, 7) is -1.80. The van der Waals surface area contributed by atoms with Gasteiger partial charge in [-0.15, -0.1) is 0 Å². The van der Waals surface area contributed by atoms with Gasteiger partial charge in [0, 0.05) is 5.33 Å². The molecule has 0 bridgehead atoms. The molecule has 0 spiro atoms. The number of halogens is 6. The quantitative estimate of drug-likeness (QED) is 0.352. The Morgan fingerprint density at radius 2 is 1.67 bits per heavy atom. The Balaban J connectivity index is 2.57. The highest BCUT2D eigenvalue weighted by molar-refractivity contribution is 9.11. The van der Waals surface area contributed by atoms with Crippen LogP contribution >= 0.6 is 47.8 Å². The zero-order valence-electron chi connectivity index (χ0n) is 8.86. The van der Waals surface area contributed by atoms with E-state index in [2.05, 4.69) is 52.5 Å². The van der Waals surface area contributed by atoms with Crippen molar-refractivity contribution in [1.29, 1.82) is 0 Å². The second-order valence-corrected chi connectivity index (χ2v) is 5.52. The van der Waals surface area contributed by atoms with Gasteiger partial charge in [-0.2, -0.15) is 13.2 Å². The average molecular weight is 457 g/mol. The van der Waals surface area contributed by atoms with Crippen LogP contribution < -0.4 is 4.74 Å². The molecule has 0 aliphatic heterocycles. The minimum absolute atomic E-state index is 0.405. The van der Waals surface area contributed by atoms with Gasteiger partial charge in [-0.3, -0.25) is 0 Å². The van der Waals surface area contributed by atoms with Crippen molar-refractivity contribution in [3.05, 3.63) is 26.6 Å². The normalized spacial score (nSPS) is 11.7. The summed E-state index contributed by atoms with van der Waals surface area (Å²) in [6.07, 6.45) is -4.35. The number of alkyl halides is 4. The third-order valence-electron chi connectivity index (χ3n) is 1.76. The molecule has 0 aromatic heterocycles. The number of ether oxygens (including phenoxy) is 2. The van der Waals surface area contributed by atoms with Crippen LogP contribution in [0.1, 0.15) is 5.56 Å². The molecule has 0 heterocycles. The lowest BCUT2D eigenvalue weighted by Crippen LogP contribution is -2.19. The third-order valence-corrected chi connectivity index (χ3v) is 3.59. The van der Waals surface area contributed by atoms with Crippen LogP contribution in [0.25, 0.3) is 0 Å². The predicted octanol–water partition coefficient (Wildman–Crippen LogP) is 5.02. The highest BCUT2D eigenvalue weighted by atomic mass is 79.9. The molecular weight excluding hydrogens is 449 g/mol. The van der Waals surface area contributed by atoms with Gasteiger partial charge in [0.15, 0.2) is 12.5 Å². The summed E-state index contributed by atoms with van der Waals surface area (Å²) in [5.41, 5.74) is 0.998. The van der Waals surface area contributed by atoms with Gasteiger partial charge in [0.2, 0.25) is 0 Å². The Hall–Kier alpha value is 0.210. The van der Waals surface area contributed by atoms with Crippen LogP contribution in [0.5, 0.6) is 5.75 Å². The molecule has 0 saturated heterocycles. The van der Waals surface area contributed by atoms with Crippen molar-refractivity contribution in [2.75, 3.05) is 13.4 Å². The van der Waals surface area contributed by atoms with Crippen molar-refractivity contribution in [2.45, 2.75) is 11.5 Å². The summed E-state index contributed by atoms with van der Waals surface area (Å²) >= 11 is 9.86.